The molecule has 0 bridgehead atoms. The molecule has 1 aromatic carbocycles. The maximum Gasteiger partial charge on any atom is 0.257 e. The number of aryl methyl sites for hydroxylation is 1. The number of ether oxygens (including phenoxy) is 1. The SMILES string of the molecule is Cc1cnc(NC2CCC(NC(=O)c3cccnc3Oc3ccc(Cl)cc3)CC2)nc1N(C)C. The van der Waals surface area contributed by atoms with Crippen LogP contribution in [0.25, 0.3) is 0 Å². The molecule has 0 spiro atoms. The van der Waals surface area contributed by atoms with Gasteiger partial charge in [-0.1, -0.05) is 11.6 Å². The molecule has 9 heteroatoms. The third-order valence-corrected chi connectivity index (χ3v) is 6.06. The summed E-state index contributed by atoms with van der Waals surface area (Å²) in [4.78, 5) is 28.3. The number of pyridine rings is 1. The highest BCUT2D eigenvalue weighted by atomic mass is 35.5. The van der Waals surface area contributed by atoms with Crippen molar-refractivity contribution >= 4 is 29.3 Å². The molecule has 1 aliphatic carbocycles. The van der Waals surface area contributed by atoms with E-state index in [0.717, 1.165) is 37.1 Å². The highest BCUT2D eigenvalue weighted by Crippen LogP contribution is 2.26. The van der Waals surface area contributed by atoms with Crippen molar-refractivity contribution < 1.29 is 9.53 Å². The molecule has 4 rings (SSSR count). The van der Waals surface area contributed by atoms with E-state index >= 15 is 0 Å². The first-order valence-corrected chi connectivity index (χ1v) is 11.7. The fraction of sp³-hybridized carbons (Fsp3) is 0.360. The number of benzene rings is 1. The van der Waals surface area contributed by atoms with E-state index in [1.165, 1.54) is 0 Å². The van der Waals surface area contributed by atoms with Gasteiger partial charge in [-0.2, -0.15) is 4.98 Å². The zero-order valence-corrected chi connectivity index (χ0v) is 20.3. The Morgan fingerprint density at radius 2 is 1.76 bits per heavy atom. The first kappa shape index (κ1) is 23.8. The molecule has 0 unspecified atom stereocenters. The van der Waals surface area contributed by atoms with Crippen LogP contribution in [0, 0.1) is 6.92 Å². The Morgan fingerprint density at radius 3 is 2.47 bits per heavy atom. The molecule has 0 atom stereocenters. The van der Waals surface area contributed by atoms with Gasteiger partial charge in [-0.25, -0.2) is 9.97 Å². The number of halogens is 1. The van der Waals surface area contributed by atoms with E-state index < -0.39 is 0 Å². The van der Waals surface area contributed by atoms with Crippen LogP contribution in [0.15, 0.2) is 48.8 Å². The van der Waals surface area contributed by atoms with Crippen LogP contribution in [-0.4, -0.2) is 47.0 Å². The lowest BCUT2D eigenvalue weighted by Gasteiger charge is -2.30. The van der Waals surface area contributed by atoms with Gasteiger partial charge in [0.25, 0.3) is 5.91 Å². The van der Waals surface area contributed by atoms with Crippen LogP contribution in [0.4, 0.5) is 11.8 Å². The van der Waals surface area contributed by atoms with Crippen LogP contribution in [0.1, 0.15) is 41.6 Å². The second kappa shape index (κ2) is 10.7. The van der Waals surface area contributed by atoms with Crippen molar-refractivity contribution in [3.8, 4) is 11.6 Å². The Morgan fingerprint density at radius 1 is 1.06 bits per heavy atom. The van der Waals surface area contributed by atoms with Gasteiger partial charge in [0.15, 0.2) is 0 Å². The molecule has 8 nitrogen and oxygen atoms in total. The van der Waals surface area contributed by atoms with Gasteiger partial charge in [-0.05, 0) is 69.0 Å². The first-order valence-electron chi connectivity index (χ1n) is 11.4. The van der Waals surface area contributed by atoms with E-state index in [-0.39, 0.29) is 23.9 Å². The van der Waals surface area contributed by atoms with Crippen molar-refractivity contribution in [3.05, 3.63) is 64.9 Å². The predicted molar refractivity (Wildman–Crippen MR) is 134 cm³/mol. The lowest BCUT2D eigenvalue weighted by molar-refractivity contribution is 0.0923. The summed E-state index contributed by atoms with van der Waals surface area (Å²) in [6.07, 6.45) is 7.01. The largest absolute Gasteiger partial charge is 0.438 e. The Balaban J connectivity index is 1.33. The van der Waals surface area contributed by atoms with E-state index in [1.807, 2.05) is 32.1 Å². The number of nitrogens with zero attached hydrogens (tertiary/aromatic N) is 4. The van der Waals surface area contributed by atoms with Crippen LogP contribution < -0.4 is 20.3 Å². The zero-order chi connectivity index (χ0) is 24.1. The number of carbonyl (C=O) groups is 1. The van der Waals surface area contributed by atoms with E-state index in [1.54, 1.807) is 42.6 Å². The Bertz CT molecular complexity index is 1130. The number of amides is 1. The van der Waals surface area contributed by atoms with Crippen molar-refractivity contribution in [3.63, 3.8) is 0 Å². The van der Waals surface area contributed by atoms with Gasteiger partial charge in [0.1, 0.15) is 17.1 Å². The smallest absolute Gasteiger partial charge is 0.257 e. The number of nitrogens with one attached hydrogen (secondary N) is 2. The molecule has 2 aromatic heterocycles. The average molecular weight is 481 g/mol. The number of hydrogen-bond donors (Lipinski definition) is 2. The van der Waals surface area contributed by atoms with Gasteiger partial charge in [-0.3, -0.25) is 4.79 Å². The van der Waals surface area contributed by atoms with Crippen molar-refractivity contribution in [1.82, 2.24) is 20.3 Å². The topological polar surface area (TPSA) is 92.3 Å². The lowest BCUT2D eigenvalue weighted by atomic mass is 9.91. The van der Waals surface area contributed by atoms with Crippen molar-refractivity contribution in [1.29, 1.82) is 0 Å². The number of anilines is 2. The highest BCUT2D eigenvalue weighted by molar-refractivity contribution is 6.30. The summed E-state index contributed by atoms with van der Waals surface area (Å²) >= 11 is 5.94. The summed E-state index contributed by atoms with van der Waals surface area (Å²) in [5, 5.41) is 7.20. The molecule has 2 N–H and O–H groups in total. The van der Waals surface area contributed by atoms with E-state index in [0.29, 0.717) is 22.3 Å². The van der Waals surface area contributed by atoms with E-state index in [2.05, 4.69) is 25.6 Å². The zero-order valence-electron chi connectivity index (χ0n) is 19.6. The van der Waals surface area contributed by atoms with Gasteiger partial charge in [0.2, 0.25) is 11.8 Å². The molecule has 3 aromatic rings. The van der Waals surface area contributed by atoms with Gasteiger partial charge in [-0.15, -0.1) is 0 Å². The van der Waals surface area contributed by atoms with Gasteiger partial charge in [0.05, 0.1) is 0 Å². The van der Waals surface area contributed by atoms with Crippen LogP contribution in [0.3, 0.4) is 0 Å². The van der Waals surface area contributed by atoms with Crippen LogP contribution in [0.5, 0.6) is 11.6 Å². The summed E-state index contributed by atoms with van der Waals surface area (Å²) < 4.78 is 5.84. The quantitative estimate of drug-likeness (QED) is 0.499. The summed E-state index contributed by atoms with van der Waals surface area (Å²) in [6.45, 7) is 2.00. The fourth-order valence-corrected chi connectivity index (χ4v) is 4.17. The molecule has 2 heterocycles. The molecular weight excluding hydrogens is 452 g/mol. The van der Waals surface area contributed by atoms with Crippen LogP contribution >= 0.6 is 11.6 Å². The first-order chi connectivity index (χ1) is 16.4. The second-order valence-corrected chi connectivity index (χ2v) is 9.11. The van der Waals surface area contributed by atoms with Crippen molar-refractivity contribution in [2.24, 2.45) is 0 Å². The minimum atomic E-state index is -0.189. The molecule has 178 valence electrons. The standard InChI is InChI=1S/C25H29ClN6O2/c1-16-15-28-25(31-22(16)32(2)3)30-19-10-8-18(9-11-19)29-23(33)21-5-4-14-27-24(21)34-20-12-6-17(26)7-13-20/h4-7,12-15,18-19H,8-11H2,1-3H3,(H,29,33)(H,28,30,31). The lowest BCUT2D eigenvalue weighted by Crippen LogP contribution is -2.40. The predicted octanol–water partition coefficient (Wildman–Crippen LogP) is 4.84. The number of rotatable bonds is 7. The minimum absolute atomic E-state index is 0.0883. The van der Waals surface area contributed by atoms with Crippen LogP contribution in [0.2, 0.25) is 5.02 Å². The summed E-state index contributed by atoms with van der Waals surface area (Å²) in [6, 6.07) is 10.8. The van der Waals surface area contributed by atoms with Crippen LogP contribution in [-0.2, 0) is 0 Å². The Labute approximate surface area is 204 Å². The normalized spacial score (nSPS) is 17.6. The number of hydrogen-bond acceptors (Lipinski definition) is 7. The molecule has 1 amide bonds. The molecule has 0 saturated heterocycles. The van der Waals surface area contributed by atoms with Gasteiger partial charge >= 0.3 is 0 Å². The molecule has 1 saturated carbocycles. The van der Waals surface area contributed by atoms with Crippen molar-refractivity contribution in [2.75, 3.05) is 24.3 Å². The Kier molecular flexibility index (Phi) is 7.47. The van der Waals surface area contributed by atoms with E-state index in [9.17, 15) is 4.79 Å². The minimum Gasteiger partial charge on any atom is -0.438 e. The summed E-state index contributed by atoms with van der Waals surface area (Å²) in [5.74, 6) is 2.20. The maximum absolute atomic E-state index is 13.0. The second-order valence-electron chi connectivity index (χ2n) is 8.67. The highest BCUT2D eigenvalue weighted by Gasteiger charge is 2.25. The fourth-order valence-electron chi connectivity index (χ4n) is 4.04. The molecular formula is C25H29ClN6O2. The molecule has 0 aliphatic heterocycles. The molecule has 34 heavy (non-hydrogen) atoms. The molecule has 1 fully saturated rings. The number of carbonyl (C=O) groups excluding carboxylic acids is 1. The summed E-state index contributed by atoms with van der Waals surface area (Å²) in [5.41, 5.74) is 1.44. The molecule has 0 radical (unpaired) electrons. The summed E-state index contributed by atoms with van der Waals surface area (Å²) in [7, 11) is 3.95. The maximum atomic E-state index is 13.0. The third kappa shape index (κ3) is 5.94. The van der Waals surface area contributed by atoms with Crippen molar-refractivity contribution in [2.45, 2.75) is 44.7 Å². The third-order valence-electron chi connectivity index (χ3n) is 5.81. The number of aromatic nitrogens is 3. The monoisotopic (exact) mass is 480 g/mol. The molecule has 1 aliphatic rings. The van der Waals surface area contributed by atoms with Gasteiger partial charge in [0, 0.05) is 49.2 Å². The van der Waals surface area contributed by atoms with Gasteiger partial charge < -0.3 is 20.3 Å². The Hall–Kier alpha value is -3.39. The van der Waals surface area contributed by atoms with E-state index in [4.69, 9.17) is 16.3 Å². The average Bonchev–Trinajstić information content (AvgIpc) is 2.83.